The van der Waals surface area contributed by atoms with Gasteiger partial charge in [0.15, 0.2) is 0 Å². The molecule has 0 radical (unpaired) electrons. The molecule has 2 fully saturated rings. The predicted octanol–water partition coefficient (Wildman–Crippen LogP) is 2.75. The third kappa shape index (κ3) is 2.45. The Labute approximate surface area is 106 Å². The highest BCUT2D eigenvalue weighted by Crippen LogP contribution is 2.40. The second-order valence-corrected chi connectivity index (χ2v) is 6.38. The minimum atomic E-state index is 0.176. The van der Waals surface area contributed by atoms with Crippen LogP contribution < -0.4 is 5.32 Å². The smallest absolute Gasteiger partial charge is 0.205 e. The summed E-state index contributed by atoms with van der Waals surface area (Å²) >= 11 is 1.64. The first-order valence-electron chi connectivity index (χ1n) is 6.46. The van der Waals surface area contributed by atoms with Crippen LogP contribution in [0.25, 0.3) is 0 Å². The largest absolute Gasteiger partial charge is 0.375 e. The van der Waals surface area contributed by atoms with Crippen molar-refractivity contribution in [3.63, 3.8) is 0 Å². The third-order valence-electron chi connectivity index (χ3n) is 3.86. The summed E-state index contributed by atoms with van der Waals surface area (Å²) in [5.74, 6) is 0. The molecule has 3 rings (SSSR count). The predicted molar refractivity (Wildman–Crippen MR) is 68.4 cm³/mol. The summed E-state index contributed by atoms with van der Waals surface area (Å²) in [4.78, 5) is 0. The van der Waals surface area contributed by atoms with Gasteiger partial charge in [0.1, 0.15) is 5.01 Å². The Balaban J connectivity index is 1.64. The molecule has 1 aromatic rings. The van der Waals surface area contributed by atoms with E-state index in [2.05, 4.69) is 15.5 Å². The molecule has 1 aliphatic carbocycles. The Kier molecular flexibility index (Phi) is 3.04. The Morgan fingerprint density at radius 3 is 2.88 bits per heavy atom. The van der Waals surface area contributed by atoms with Crippen molar-refractivity contribution in [3.05, 3.63) is 5.01 Å². The number of nitrogens with zero attached hydrogens (tertiary/aromatic N) is 2. The van der Waals surface area contributed by atoms with Crippen molar-refractivity contribution in [2.75, 3.05) is 11.9 Å². The third-order valence-corrected chi connectivity index (χ3v) is 4.63. The van der Waals surface area contributed by atoms with Gasteiger partial charge in [0.25, 0.3) is 0 Å². The van der Waals surface area contributed by atoms with Gasteiger partial charge in [0, 0.05) is 12.6 Å². The first kappa shape index (κ1) is 11.4. The second-order valence-electron chi connectivity index (χ2n) is 5.20. The highest BCUT2D eigenvalue weighted by atomic mass is 32.1. The van der Waals surface area contributed by atoms with Gasteiger partial charge in [0.05, 0.1) is 5.60 Å². The van der Waals surface area contributed by atoms with E-state index in [4.69, 9.17) is 4.74 Å². The van der Waals surface area contributed by atoms with Crippen LogP contribution in [-0.2, 0) is 4.74 Å². The van der Waals surface area contributed by atoms with Crippen molar-refractivity contribution in [1.82, 2.24) is 10.2 Å². The van der Waals surface area contributed by atoms with E-state index < -0.39 is 0 Å². The number of aryl methyl sites for hydroxylation is 1. The molecule has 1 aromatic heterocycles. The Hall–Kier alpha value is -0.680. The summed E-state index contributed by atoms with van der Waals surface area (Å²) in [6.45, 7) is 2.88. The van der Waals surface area contributed by atoms with E-state index in [9.17, 15) is 0 Å². The van der Waals surface area contributed by atoms with Crippen LogP contribution in [0.2, 0.25) is 0 Å². The maximum atomic E-state index is 6.03. The maximum absolute atomic E-state index is 6.03. The SMILES string of the molecule is Cc1nnc(NC2CCOC3(CCCC3)C2)s1. The quantitative estimate of drug-likeness (QED) is 0.880. The lowest BCUT2D eigenvalue weighted by atomic mass is 9.89. The summed E-state index contributed by atoms with van der Waals surface area (Å²) in [5.41, 5.74) is 0.176. The zero-order valence-corrected chi connectivity index (χ0v) is 11.1. The van der Waals surface area contributed by atoms with Crippen LogP contribution in [0.15, 0.2) is 0 Å². The molecule has 2 heterocycles. The van der Waals surface area contributed by atoms with Crippen LogP contribution in [-0.4, -0.2) is 28.4 Å². The molecule has 2 aliphatic rings. The van der Waals surface area contributed by atoms with Crippen LogP contribution >= 0.6 is 11.3 Å². The Morgan fingerprint density at radius 2 is 2.18 bits per heavy atom. The number of rotatable bonds is 2. The fourth-order valence-electron chi connectivity index (χ4n) is 3.05. The topological polar surface area (TPSA) is 47.0 Å². The molecular formula is C12H19N3OS. The number of hydrogen-bond acceptors (Lipinski definition) is 5. The highest BCUT2D eigenvalue weighted by molar-refractivity contribution is 7.15. The van der Waals surface area contributed by atoms with Crippen molar-refractivity contribution in [2.24, 2.45) is 0 Å². The van der Waals surface area contributed by atoms with Crippen LogP contribution in [0.5, 0.6) is 0 Å². The number of nitrogens with one attached hydrogen (secondary N) is 1. The van der Waals surface area contributed by atoms with Gasteiger partial charge in [-0.3, -0.25) is 0 Å². The standard InChI is InChI=1S/C12H19N3OS/c1-9-14-15-11(17-9)13-10-4-7-16-12(8-10)5-2-3-6-12/h10H,2-8H2,1H3,(H,13,15). The van der Waals surface area contributed by atoms with E-state index in [0.717, 1.165) is 29.6 Å². The monoisotopic (exact) mass is 253 g/mol. The van der Waals surface area contributed by atoms with E-state index in [1.54, 1.807) is 11.3 Å². The number of aromatic nitrogens is 2. The van der Waals surface area contributed by atoms with Gasteiger partial charge in [-0.05, 0) is 32.6 Å². The first-order chi connectivity index (χ1) is 8.26. The number of anilines is 1. The van der Waals surface area contributed by atoms with Crippen LogP contribution in [0.1, 0.15) is 43.5 Å². The molecule has 94 valence electrons. The van der Waals surface area contributed by atoms with Gasteiger partial charge in [0.2, 0.25) is 5.13 Å². The van der Waals surface area contributed by atoms with Crippen LogP contribution in [0, 0.1) is 6.92 Å². The lowest BCUT2D eigenvalue weighted by Crippen LogP contribution is -2.42. The zero-order chi connectivity index (χ0) is 11.7. The lowest BCUT2D eigenvalue weighted by Gasteiger charge is -2.38. The van der Waals surface area contributed by atoms with Crippen molar-refractivity contribution < 1.29 is 4.74 Å². The molecule has 5 heteroatoms. The highest BCUT2D eigenvalue weighted by Gasteiger charge is 2.40. The molecule has 0 aromatic carbocycles. The molecule has 4 nitrogen and oxygen atoms in total. The molecule has 0 amide bonds. The average Bonchev–Trinajstić information content (AvgIpc) is 2.89. The van der Waals surface area contributed by atoms with Crippen molar-refractivity contribution in [3.8, 4) is 0 Å². The Bertz CT molecular complexity index is 387. The van der Waals surface area contributed by atoms with Crippen molar-refractivity contribution in [1.29, 1.82) is 0 Å². The molecule has 1 atom stereocenters. The normalized spacial score (nSPS) is 27.5. The fourth-order valence-corrected chi connectivity index (χ4v) is 3.72. The fraction of sp³-hybridized carbons (Fsp3) is 0.833. The summed E-state index contributed by atoms with van der Waals surface area (Å²) in [7, 11) is 0. The molecule has 17 heavy (non-hydrogen) atoms. The molecule has 0 bridgehead atoms. The van der Waals surface area contributed by atoms with Gasteiger partial charge in [-0.15, -0.1) is 10.2 Å². The minimum Gasteiger partial charge on any atom is -0.375 e. The van der Waals surface area contributed by atoms with E-state index in [-0.39, 0.29) is 5.60 Å². The zero-order valence-electron chi connectivity index (χ0n) is 10.2. The summed E-state index contributed by atoms with van der Waals surface area (Å²) in [5, 5.41) is 13.7. The van der Waals surface area contributed by atoms with Crippen molar-refractivity contribution >= 4 is 16.5 Å². The molecule has 1 spiro atoms. The van der Waals surface area contributed by atoms with Crippen LogP contribution in [0.4, 0.5) is 5.13 Å². The second kappa shape index (κ2) is 4.53. The molecular weight excluding hydrogens is 234 g/mol. The minimum absolute atomic E-state index is 0.176. The van der Waals surface area contributed by atoms with E-state index in [1.807, 2.05) is 6.92 Å². The number of ether oxygens (including phenoxy) is 1. The van der Waals surface area contributed by atoms with Crippen molar-refractivity contribution in [2.45, 2.75) is 57.1 Å². The van der Waals surface area contributed by atoms with E-state index in [0.29, 0.717) is 6.04 Å². The van der Waals surface area contributed by atoms with Gasteiger partial charge in [-0.25, -0.2) is 0 Å². The average molecular weight is 253 g/mol. The molecule has 1 aliphatic heterocycles. The summed E-state index contributed by atoms with van der Waals surface area (Å²) < 4.78 is 6.03. The molecule has 1 saturated carbocycles. The number of hydrogen-bond donors (Lipinski definition) is 1. The van der Waals surface area contributed by atoms with Gasteiger partial charge >= 0.3 is 0 Å². The van der Waals surface area contributed by atoms with E-state index in [1.165, 1.54) is 25.7 Å². The first-order valence-corrected chi connectivity index (χ1v) is 7.28. The molecule has 1 saturated heterocycles. The van der Waals surface area contributed by atoms with Gasteiger partial charge < -0.3 is 10.1 Å². The van der Waals surface area contributed by atoms with E-state index >= 15 is 0 Å². The van der Waals surface area contributed by atoms with Gasteiger partial charge in [-0.2, -0.15) is 0 Å². The van der Waals surface area contributed by atoms with Gasteiger partial charge in [-0.1, -0.05) is 24.2 Å². The maximum Gasteiger partial charge on any atom is 0.205 e. The Morgan fingerprint density at radius 1 is 1.35 bits per heavy atom. The molecule has 1 unspecified atom stereocenters. The molecule has 1 N–H and O–H groups in total. The summed E-state index contributed by atoms with van der Waals surface area (Å²) in [6.07, 6.45) is 7.34. The lowest BCUT2D eigenvalue weighted by molar-refractivity contribution is -0.0767. The summed E-state index contributed by atoms with van der Waals surface area (Å²) in [6, 6.07) is 0.509. The van der Waals surface area contributed by atoms with Crippen LogP contribution in [0.3, 0.4) is 0 Å².